The van der Waals surface area contributed by atoms with Gasteiger partial charge < -0.3 is 10.4 Å². The summed E-state index contributed by atoms with van der Waals surface area (Å²) in [6.45, 7) is 0. The number of carboxylic acids is 1. The van der Waals surface area contributed by atoms with E-state index in [0.29, 0.717) is 10.6 Å². The lowest BCUT2D eigenvalue weighted by Gasteiger charge is -2.12. The van der Waals surface area contributed by atoms with Crippen LogP contribution in [-0.2, 0) is 4.79 Å². The predicted octanol–water partition coefficient (Wildman–Crippen LogP) is 2.12. The van der Waals surface area contributed by atoms with Gasteiger partial charge in [0.2, 0.25) is 0 Å². The first-order valence-corrected chi connectivity index (χ1v) is 7.26. The molecule has 2 N–H and O–H groups in total. The average molecular weight is 320 g/mol. The molecule has 22 heavy (non-hydrogen) atoms. The molecule has 1 saturated carbocycles. The Morgan fingerprint density at radius 3 is 2.59 bits per heavy atom. The van der Waals surface area contributed by atoms with Crippen molar-refractivity contribution < 1.29 is 14.7 Å². The van der Waals surface area contributed by atoms with Crippen LogP contribution in [0.1, 0.15) is 23.2 Å². The van der Waals surface area contributed by atoms with Crippen molar-refractivity contribution in [1.29, 1.82) is 0 Å². The molecule has 114 valence electrons. The molecule has 0 saturated heterocycles. The summed E-state index contributed by atoms with van der Waals surface area (Å²) < 4.78 is 1.54. The Kier molecular flexibility index (Phi) is 3.85. The van der Waals surface area contributed by atoms with Gasteiger partial charge in [0, 0.05) is 11.2 Å². The smallest absolute Gasteiger partial charge is 0.326 e. The Bertz CT molecular complexity index is 707. The van der Waals surface area contributed by atoms with E-state index in [9.17, 15) is 9.59 Å². The van der Waals surface area contributed by atoms with Crippen molar-refractivity contribution in [3.05, 3.63) is 47.2 Å². The molecule has 1 aromatic carbocycles. The van der Waals surface area contributed by atoms with Crippen LogP contribution < -0.4 is 5.32 Å². The number of aliphatic carboxylic acids is 1. The van der Waals surface area contributed by atoms with Crippen molar-refractivity contribution in [2.24, 2.45) is 5.92 Å². The summed E-state index contributed by atoms with van der Waals surface area (Å²) >= 11 is 5.83. The quantitative estimate of drug-likeness (QED) is 0.884. The summed E-state index contributed by atoms with van der Waals surface area (Å²) in [7, 11) is 0. The number of carbonyl (C=O) groups is 2. The SMILES string of the molecule is O=C(NC(C(=O)O)C1CC1)c1cnn(-c2ccc(Cl)cc2)c1. The molecule has 7 heteroatoms. The van der Waals surface area contributed by atoms with Crippen molar-refractivity contribution in [2.75, 3.05) is 0 Å². The van der Waals surface area contributed by atoms with Gasteiger partial charge in [-0.25, -0.2) is 9.48 Å². The van der Waals surface area contributed by atoms with Crippen LogP contribution in [0.25, 0.3) is 5.69 Å². The van der Waals surface area contributed by atoms with Crippen LogP contribution in [0.2, 0.25) is 5.02 Å². The van der Waals surface area contributed by atoms with E-state index < -0.39 is 17.9 Å². The molecule has 1 fully saturated rings. The molecule has 1 aliphatic carbocycles. The van der Waals surface area contributed by atoms with Gasteiger partial charge in [-0.2, -0.15) is 5.10 Å². The van der Waals surface area contributed by atoms with Crippen molar-refractivity contribution in [2.45, 2.75) is 18.9 Å². The number of carboxylic acid groups (broad SMARTS) is 1. The first-order valence-electron chi connectivity index (χ1n) is 6.89. The highest BCUT2D eigenvalue weighted by atomic mass is 35.5. The minimum Gasteiger partial charge on any atom is -0.480 e. The minimum absolute atomic E-state index is 0.0350. The molecule has 6 nitrogen and oxygen atoms in total. The van der Waals surface area contributed by atoms with E-state index in [-0.39, 0.29) is 5.92 Å². The third-order valence-electron chi connectivity index (χ3n) is 3.58. The van der Waals surface area contributed by atoms with Crippen LogP contribution >= 0.6 is 11.6 Å². The predicted molar refractivity (Wildman–Crippen MR) is 80.2 cm³/mol. The molecular formula is C15H14ClN3O3. The first kappa shape index (κ1) is 14.6. The summed E-state index contributed by atoms with van der Waals surface area (Å²) in [6, 6.07) is 6.19. The molecule has 0 aliphatic heterocycles. The maximum absolute atomic E-state index is 12.1. The van der Waals surface area contributed by atoms with Gasteiger partial charge in [-0.15, -0.1) is 0 Å². The number of rotatable bonds is 5. The molecule has 1 aromatic heterocycles. The largest absolute Gasteiger partial charge is 0.480 e. The van der Waals surface area contributed by atoms with Gasteiger partial charge in [0.25, 0.3) is 5.91 Å². The van der Waals surface area contributed by atoms with E-state index in [2.05, 4.69) is 10.4 Å². The zero-order valence-corrected chi connectivity index (χ0v) is 12.3. The molecule has 2 aromatic rings. The van der Waals surface area contributed by atoms with Crippen LogP contribution in [0.3, 0.4) is 0 Å². The van der Waals surface area contributed by atoms with Gasteiger partial charge in [-0.05, 0) is 43.0 Å². The highest BCUT2D eigenvalue weighted by molar-refractivity contribution is 6.30. The molecule has 1 aliphatic rings. The number of halogens is 1. The van der Waals surface area contributed by atoms with E-state index in [1.54, 1.807) is 30.5 Å². The van der Waals surface area contributed by atoms with E-state index in [1.807, 2.05) is 0 Å². The molecule has 3 rings (SSSR count). The zero-order valence-electron chi connectivity index (χ0n) is 11.6. The number of amides is 1. The molecule has 0 spiro atoms. The third-order valence-corrected chi connectivity index (χ3v) is 3.83. The fourth-order valence-electron chi connectivity index (χ4n) is 2.21. The molecule has 1 unspecified atom stereocenters. The topological polar surface area (TPSA) is 84.2 Å². The third kappa shape index (κ3) is 3.12. The Morgan fingerprint density at radius 2 is 2.00 bits per heavy atom. The van der Waals surface area contributed by atoms with E-state index in [1.165, 1.54) is 10.9 Å². The standard InChI is InChI=1S/C15H14ClN3O3/c16-11-3-5-12(6-4-11)19-8-10(7-17-19)14(20)18-13(15(21)22)9-1-2-9/h3-9,13H,1-2H2,(H,18,20)(H,21,22). The van der Waals surface area contributed by atoms with Crippen molar-refractivity contribution in [3.8, 4) is 5.69 Å². The number of carbonyl (C=O) groups excluding carboxylic acids is 1. The molecule has 1 heterocycles. The number of aromatic nitrogens is 2. The van der Waals surface area contributed by atoms with Gasteiger partial charge >= 0.3 is 5.97 Å². The van der Waals surface area contributed by atoms with Crippen molar-refractivity contribution in [1.82, 2.24) is 15.1 Å². The van der Waals surface area contributed by atoms with Gasteiger partial charge in [0.05, 0.1) is 17.4 Å². The lowest BCUT2D eigenvalue weighted by molar-refractivity contribution is -0.139. The second-order valence-electron chi connectivity index (χ2n) is 5.28. The van der Waals surface area contributed by atoms with Crippen molar-refractivity contribution in [3.63, 3.8) is 0 Å². The highest BCUT2D eigenvalue weighted by Gasteiger charge is 2.37. The van der Waals surface area contributed by atoms with E-state index >= 15 is 0 Å². The van der Waals surface area contributed by atoms with Crippen LogP contribution in [0.5, 0.6) is 0 Å². The highest BCUT2D eigenvalue weighted by Crippen LogP contribution is 2.32. The number of hydrogen-bond donors (Lipinski definition) is 2. The second kappa shape index (κ2) is 5.81. The first-order chi connectivity index (χ1) is 10.5. The summed E-state index contributed by atoms with van der Waals surface area (Å²) in [6.07, 6.45) is 4.64. The number of nitrogens with zero attached hydrogens (tertiary/aromatic N) is 2. The summed E-state index contributed by atoms with van der Waals surface area (Å²) in [5.74, 6) is -1.40. The van der Waals surface area contributed by atoms with Crippen LogP contribution in [-0.4, -0.2) is 32.8 Å². The van der Waals surface area contributed by atoms with Gasteiger partial charge in [0.1, 0.15) is 6.04 Å². The van der Waals surface area contributed by atoms with Gasteiger partial charge in [0.15, 0.2) is 0 Å². The Hall–Kier alpha value is -2.34. The maximum atomic E-state index is 12.1. The maximum Gasteiger partial charge on any atom is 0.326 e. The molecule has 1 atom stereocenters. The summed E-state index contributed by atoms with van der Waals surface area (Å²) in [5.41, 5.74) is 1.09. The molecular weight excluding hydrogens is 306 g/mol. The number of nitrogens with one attached hydrogen (secondary N) is 1. The van der Waals surface area contributed by atoms with Crippen LogP contribution in [0.15, 0.2) is 36.7 Å². The Morgan fingerprint density at radius 1 is 1.32 bits per heavy atom. The van der Waals surface area contributed by atoms with E-state index in [0.717, 1.165) is 18.5 Å². The fraction of sp³-hybridized carbons (Fsp3) is 0.267. The fourth-order valence-corrected chi connectivity index (χ4v) is 2.34. The molecule has 0 bridgehead atoms. The summed E-state index contributed by atoms with van der Waals surface area (Å²) in [5, 5.41) is 16.4. The normalized spacial score (nSPS) is 15.3. The van der Waals surface area contributed by atoms with Gasteiger partial charge in [-0.1, -0.05) is 11.6 Å². The van der Waals surface area contributed by atoms with E-state index in [4.69, 9.17) is 16.7 Å². The Labute approximate surface area is 131 Å². The van der Waals surface area contributed by atoms with Crippen LogP contribution in [0, 0.1) is 5.92 Å². The van der Waals surface area contributed by atoms with Crippen LogP contribution in [0.4, 0.5) is 0 Å². The monoisotopic (exact) mass is 319 g/mol. The lowest BCUT2D eigenvalue weighted by Crippen LogP contribution is -2.42. The lowest BCUT2D eigenvalue weighted by atomic mass is 10.2. The average Bonchev–Trinajstić information content (AvgIpc) is 3.21. The number of hydrogen-bond acceptors (Lipinski definition) is 3. The number of benzene rings is 1. The molecule has 1 amide bonds. The second-order valence-corrected chi connectivity index (χ2v) is 5.71. The van der Waals surface area contributed by atoms with Gasteiger partial charge in [-0.3, -0.25) is 4.79 Å². The Balaban J connectivity index is 1.74. The van der Waals surface area contributed by atoms with Crippen molar-refractivity contribution >= 4 is 23.5 Å². The zero-order chi connectivity index (χ0) is 15.7. The minimum atomic E-state index is -0.999. The summed E-state index contributed by atoms with van der Waals surface area (Å²) in [4.78, 5) is 23.3. The molecule has 0 radical (unpaired) electrons.